The standard InChI is InChI=1S/C22H24FN7O5/c1-22(2)20(31)28-19-13(35-22)6-7-16(27-19)26-18-12(23)10-25-21(29-18)30(24)11-8-14(32-3)17(34-5)15(9-11)33-4/h6-10H,24H2,1-5H3,(H2,25,26,27,28,29,31). The molecule has 12 nitrogen and oxygen atoms in total. The van der Waals surface area contributed by atoms with Crippen LogP contribution in [0.4, 0.5) is 33.5 Å². The molecule has 1 aromatic carbocycles. The SMILES string of the molecule is COc1cc(N(N)c2ncc(F)c(Nc3ccc4c(n3)NC(=O)C(C)(C)O4)n2)cc(OC)c1OC. The lowest BCUT2D eigenvalue weighted by Gasteiger charge is -2.30. The van der Waals surface area contributed by atoms with Crippen LogP contribution >= 0.6 is 0 Å². The summed E-state index contributed by atoms with van der Waals surface area (Å²) in [5.41, 5.74) is -0.638. The van der Waals surface area contributed by atoms with E-state index in [9.17, 15) is 9.18 Å². The van der Waals surface area contributed by atoms with E-state index in [0.29, 0.717) is 28.7 Å². The summed E-state index contributed by atoms with van der Waals surface area (Å²) in [7, 11) is 4.42. The lowest BCUT2D eigenvalue weighted by Crippen LogP contribution is -2.46. The highest BCUT2D eigenvalue weighted by molar-refractivity contribution is 5.99. The van der Waals surface area contributed by atoms with E-state index in [0.717, 1.165) is 11.2 Å². The van der Waals surface area contributed by atoms with Crippen LogP contribution in [-0.2, 0) is 4.79 Å². The van der Waals surface area contributed by atoms with Crippen LogP contribution in [0.25, 0.3) is 0 Å². The highest BCUT2D eigenvalue weighted by Crippen LogP contribution is 2.41. The quantitative estimate of drug-likeness (QED) is 0.335. The van der Waals surface area contributed by atoms with Crippen molar-refractivity contribution in [3.63, 3.8) is 0 Å². The Morgan fingerprint density at radius 1 is 1.11 bits per heavy atom. The van der Waals surface area contributed by atoms with Gasteiger partial charge in [-0.05, 0) is 26.0 Å². The Morgan fingerprint density at radius 2 is 1.80 bits per heavy atom. The zero-order valence-electron chi connectivity index (χ0n) is 19.7. The predicted octanol–water partition coefficient (Wildman–Crippen LogP) is 2.90. The van der Waals surface area contributed by atoms with E-state index < -0.39 is 11.4 Å². The lowest BCUT2D eigenvalue weighted by molar-refractivity contribution is -0.129. The Bertz CT molecular complexity index is 1260. The summed E-state index contributed by atoms with van der Waals surface area (Å²) < 4.78 is 36.2. The van der Waals surface area contributed by atoms with Crippen molar-refractivity contribution in [2.24, 2.45) is 5.84 Å². The first-order valence-electron chi connectivity index (χ1n) is 10.3. The number of nitrogens with one attached hydrogen (secondary N) is 2. The molecule has 1 amide bonds. The number of anilines is 5. The first-order valence-corrected chi connectivity index (χ1v) is 10.3. The van der Waals surface area contributed by atoms with Gasteiger partial charge >= 0.3 is 0 Å². The monoisotopic (exact) mass is 485 g/mol. The number of halogens is 1. The molecule has 0 saturated heterocycles. The molecule has 2 aromatic heterocycles. The van der Waals surface area contributed by atoms with Crippen molar-refractivity contribution in [3.8, 4) is 23.0 Å². The fourth-order valence-corrected chi connectivity index (χ4v) is 3.27. The highest BCUT2D eigenvalue weighted by Gasteiger charge is 2.36. The van der Waals surface area contributed by atoms with Crippen LogP contribution in [0.15, 0.2) is 30.5 Å². The number of methoxy groups -OCH3 is 3. The molecule has 0 saturated carbocycles. The molecule has 0 bridgehead atoms. The fraction of sp³-hybridized carbons (Fsp3) is 0.273. The molecule has 3 heterocycles. The largest absolute Gasteiger partial charge is 0.493 e. The second-order valence-corrected chi connectivity index (χ2v) is 7.85. The fourth-order valence-electron chi connectivity index (χ4n) is 3.27. The molecule has 0 fully saturated rings. The van der Waals surface area contributed by atoms with E-state index in [1.807, 2.05) is 0 Å². The van der Waals surface area contributed by atoms with Gasteiger partial charge in [0, 0.05) is 12.1 Å². The minimum absolute atomic E-state index is 0.0282. The molecule has 1 aliphatic rings. The van der Waals surface area contributed by atoms with Gasteiger partial charge in [0.05, 0.1) is 33.2 Å². The number of hydrazine groups is 1. The number of benzene rings is 1. The molecule has 184 valence electrons. The molecular formula is C22H24FN7O5. The average molecular weight is 485 g/mol. The minimum atomic E-state index is -1.03. The van der Waals surface area contributed by atoms with Crippen LogP contribution in [0.1, 0.15) is 13.8 Å². The molecule has 35 heavy (non-hydrogen) atoms. The Hall–Kier alpha value is -4.39. The number of carbonyl (C=O) groups excluding carboxylic acids is 1. The average Bonchev–Trinajstić information content (AvgIpc) is 2.84. The normalized spacial score (nSPS) is 13.7. The number of fused-ring (bicyclic) bond motifs is 1. The number of hydrogen-bond acceptors (Lipinski definition) is 11. The Labute approximate surface area is 200 Å². The van der Waals surface area contributed by atoms with Gasteiger partial charge in [0.15, 0.2) is 40.3 Å². The van der Waals surface area contributed by atoms with Crippen LogP contribution < -0.4 is 40.4 Å². The second kappa shape index (κ2) is 9.10. The molecule has 0 aliphatic carbocycles. The van der Waals surface area contributed by atoms with Crippen molar-refractivity contribution in [2.45, 2.75) is 19.4 Å². The molecule has 4 N–H and O–H groups in total. The molecule has 0 spiro atoms. The molecule has 1 aliphatic heterocycles. The third kappa shape index (κ3) is 4.53. The molecular weight excluding hydrogens is 461 g/mol. The van der Waals surface area contributed by atoms with E-state index in [2.05, 4.69) is 25.6 Å². The van der Waals surface area contributed by atoms with E-state index >= 15 is 0 Å². The first-order chi connectivity index (χ1) is 16.7. The lowest BCUT2D eigenvalue weighted by atomic mass is 10.1. The van der Waals surface area contributed by atoms with Gasteiger partial charge in [0.1, 0.15) is 5.82 Å². The smallest absolute Gasteiger partial charge is 0.269 e. The molecule has 13 heteroatoms. The second-order valence-electron chi connectivity index (χ2n) is 7.85. The van der Waals surface area contributed by atoms with Crippen molar-refractivity contribution in [1.82, 2.24) is 15.0 Å². The van der Waals surface area contributed by atoms with Gasteiger partial charge in [0.25, 0.3) is 5.91 Å². The Balaban J connectivity index is 1.63. The van der Waals surface area contributed by atoms with Gasteiger partial charge in [0.2, 0.25) is 11.7 Å². The predicted molar refractivity (Wildman–Crippen MR) is 125 cm³/mol. The number of pyridine rings is 1. The summed E-state index contributed by atoms with van der Waals surface area (Å²) in [4.78, 5) is 24.6. The summed E-state index contributed by atoms with van der Waals surface area (Å²) in [6.45, 7) is 3.28. The van der Waals surface area contributed by atoms with Gasteiger partial charge < -0.3 is 29.6 Å². The van der Waals surface area contributed by atoms with Crippen LogP contribution in [0.2, 0.25) is 0 Å². The van der Waals surface area contributed by atoms with Gasteiger partial charge in [-0.2, -0.15) is 4.98 Å². The maximum atomic E-state index is 14.5. The molecule has 3 aromatic rings. The summed E-state index contributed by atoms with van der Waals surface area (Å²) in [6, 6.07) is 6.36. The van der Waals surface area contributed by atoms with Crippen molar-refractivity contribution >= 4 is 35.0 Å². The van der Waals surface area contributed by atoms with Gasteiger partial charge in [-0.1, -0.05) is 0 Å². The van der Waals surface area contributed by atoms with Crippen LogP contribution in [-0.4, -0.2) is 47.8 Å². The summed E-state index contributed by atoms with van der Waals surface area (Å²) in [5, 5.41) is 6.57. The number of amides is 1. The van der Waals surface area contributed by atoms with Crippen molar-refractivity contribution < 1.29 is 28.1 Å². The number of rotatable bonds is 7. The Morgan fingerprint density at radius 3 is 2.43 bits per heavy atom. The first kappa shape index (κ1) is 23.8. The summed E-state index contributed by atoms with van der Waals surface area (Å²) in [5.74, 6) is 6.83. The van der Waals surface area contributed by atoms with E-state index in [1.54, 1.807) is 38.1 Å². The third-order valence-electron chi connectivity index (χ3n) is 5.12. The van der Waals surface area contributed by atoms with Crippen molar-refractivity contribution in [3.05, 3.63) is 36.3 Å². The van der Waals surface area contributed by atoms with Crippen molar-refractivity contribution in [2.75, 3.05) is 37.0 Å². The van der Waals surface area contributed by atoms with Crippen molar-refractivity contribution in [1.29, 1.82) is 0 Å². The van der Waals surface area contributed by atoms with E-state index in [1.165, 1.54) is 21.3 Å². The number of carbonyl (C=O) groups is 1. The Kier molecular flexibility index (Phi) is 6.18. The van der Waals surface area contributed by atoms with Gasteiger partial charge in [-0.3, -0.25) is 4.79 Å². The molecule has 0 radical (unpaired) electrons. The summed E-state index contributed by atoms with van der Waals surface area (Å²) in [6.07, 6.45) is 0.967. The topological polar surface area (TPSA) is 146 Å². The molecule has 0 unspecified atom stereocenters. The van der Waals surface area contributed by atoms with E-state index in [4.69, 9.17) is 24.8 Å². The number of aromatic nitrogens is 3. The van der Waals surface area contributed by atoms with Crippen LogP contribution in [0.3, 0.4) is 0 Å². The zero-order valence-corrected chi connectivity index (χ0v) is 19.7. The van der Waals surface area contributed by atoms with Crippen LogP contribution in [0, 0.1) is 5.82 Å². The van der Waals surface area contributed by atoms with Gasteiger partial charge in [-0.25, -0.2) is 25.2 Å². The van der Waals surface area contributed by atoms with E-state index in [-0.39, 0.29) is 29.3 Å². The molecule has 0 atom stereocenters. The number of hydrogen-bond donors (Lipinski definition) is 3. The van der Waals surface area contributed by atoms with Gasteiger partial charge in [-0.15, -0.1) is 0 Å². The third-order valence-corrected chi connectivity index (χ3v) is 5.12. The number of nitrogens with two attached hydrogens (primary N) is 1. The number of nitrogens with zero attached hydrogens (tertiary/aromatic N) is 4. The summed E-state index contributed by atoms with van der Waals surface area (Å²) >= 11 is 0. The van der Waals surface area contributed by atoms with Crippen LogP contribution in [0.5, 0.6) is 23.0 Å². The highest BCUT2D eigenvalue weighted by atomic mass is 19.1. The number of ether oxygens (including phenoxy) is 4. The molecule has 4 rings (SSSR count). The maximum absolute atomic E-state index is 14.5. The zero-order chi connectivity index (χ0) is 25.3. The minimum Gasteiger partial charge on any atom is -0.493 e. The maximum Gasteiger partial charge on any atom is 0.269 e.